The highest BCUT2D eigenvalue weighted by molar-refractivity contribution is 5.83. The summed E-state index contributed by atoms with van der Waals surface area (Å²) < 4.78 is 0. The Morgan fingerprint density at radius 1 is 1.40 bits per heavy atom. The summed E-state index contributed by atoms with van der Waals surface area (Å²) in [6.45, 7) is 1.73. The van der Waals surface area contributed by atoms with Gasteiger partial charge in [0.1, 0.15) is 0 Å². The molecule has 1 aliphatic heterocycles. The van der Waals surface area contributed by atoms with Gasteiger partial charge in [-0.2, -0.15) is 0 Å². The Bertz CT molecular complexity index is 444. The van der Waals surface area contributed by atoms with Gasteiger partial charge in [0.25, 0.3) is 0 Å². The molecule has 1 aromatic heterocycles. The van der Waals surface area contributed by atoms with Crippen molar-refractivity contribution >= 4 is 11.8 Å². The van der Waals surface area contributed by atoms with E-state index in [9.17, 15) is 9.59 Å². The van der Waals surface area contributed by atoms with E-state index in [2.05, 4.69) is 20.9 Å². The van der Waals surface area contributed by atoms with Crippen LogP contribution in [0.3, 0.4) is 0 Å². The Labute approximate surface area is 118 Å². The van der Waals surface area contributed by atoms with E-state index in [1.54, 1.807) is 12.4 Å². The molecule has 0 saturated carbocycles. The highest BCUT2D eigenvalue weighted by atomic mass is 16.2. The van der Waals surface area contributed by atoms with Gasteiger partial charge in [-0.1, -0.05) is 6.07 Å². The highest BCUT2D eigenvalue weighted by Gasteiger charge is 2.21. The van der Waals surface area contributed by atoms with Gasteiger partial charge >= 0.3 is 0 Å². The molecule has 0 spiro atoms. The molecule has 1 aromatic rings. The second-order valence-corrected chi connectivity index (χ2v) is 4.83. The third-order valence-electron chi connectivity index (χ3n) is 3.24. The van der Waals surface area contributed by atoms with Crippen molar-refractivity contribution < 1.29 is 9.59 Å². The van der Waals surface area contributed by atoms with Gasteiger partial charge in [-0.05, 0) is 31.0 Å². The summed E-state index contributed by atoms with van der Waals surface area (Å²) in [4.78, 5) is 27.3. The summed E-state index contributed by atoms with van der Waals surface area (Å²) >= 11 is 0. The number of pyridine rings is 1. The minimum absolute atomic E-state index is 0.0115. The Balaban J connectivity index is 1.59. The molecule has 2 rings (SSSR count). The van der Waals surface area contributed by atoms with Crippen LogP contribution in [-0.2, 0) is 16.1 Å². The monoisotopic (exact) mass is 276 g/mol. The molecule has 1 unspecified atom stereocenters. The number of hydrogen-bond donors (Lipinski definition) is 3. The van der Waals surface area contributed by atoms with E-state index in [0.29, 0.717) is 19.5 Å². The van der Waals surface area contributed by atoms with Crippen molar-refractivity contribution in [2.75, 3.05) is 13.1 Å². The Morgan fingerprint density at radius 3 is 3.00 bits per heavy atom. The predicted octanol–water partition coefficient (Wildman–Crippen LogP) is -0.0439. The average molecular weight is 276 g/mol. The second-order valence-electron chi connectivity index (χ2n) is 4.83. The van der Waals surface area contributed by atoms with Crippen LogP contribution in [0.1, 0.15) is 24.8 Å². The first-order valence-corrected chi connectivity index (χ1v) is 6.92. The first-order valence-electron chi connectivity index (χ1n) is 6.92. The molecule has 3 N–H and O–H groups in total. The fourth-order valence-corrected chi connectivity index (χ4v) is 2.12. The summed E-state index contributed by atoms with van der Waals surface area (Å²) in [6, 6.07) is 3.64. The van der Waals surface area contributed by atoms with Crippen molar-refractivity contribution in [1.29, 1.82) is 0 Å². The van der Waals surface area contributed by atoms with Crippen molar-refractivity contribution in [3.63, 3.8) is 0 Å². The number of nitrogens with one attached hydrogen (secondary N) is 3. The molecule has 2 heterocycles. The first kappa shape index (κ1) is 14.5. The number of aromatic nitrogens is 1. The molecule has 1 fully saturated rings. The Morgan fingerprint density at radius 2 is 2.30 bits per heavy atom. The molecule has 0 aromatic carbocycles. The van der Waals surface area contributed by atoms with E-state index in [1.165, 1.54) is 0 Å². The largest absolute Gasteiger partial charge is 0.354 e. The maximum absolute atomic E-state index is 11.7. The summed E-state index contributed by atoms with van der Waals surface area (Å²) in [5.41, 5.74) is 0.958. The lowest BCUT2D eigenvalue weighted by Crippen LogP contribution is -2.41. The highest BCUT2D eigenvalue weighted by Crippen LogP contribution is 2.04. The van der Waals surface area contributed by atoms with Crippen molar-refractivity contribution in [2.24, 2.45) is 0 Å². The lowest BCUT2D eigenvalue weighted by molar-refractivity contribution is -0.123. The summed E-state index contributed by atoms with van der Waals surface area (Å²) in [7, 11) is 0. The molecule has 0 bridgehead atoms. The van der Waals surface area contributed by atoms with Crippen LogP contribution in [0.5, 0.6) is 0 Å². The van der Waals surface area contributed by atoms with Gasteiger partial charge in [-0.15, -0.1) is 0 Å². The van der Waals surface area contributed by atoms with Gasteiger partial charge in [0, 0.05) is 31.9 Å². The number of nitrogens with zero attached hydrogens (tertiary/aromatic N) is 1. The lowest BCUT2D eigenvalue weighted by atomic mass is 10.2. The minimum Gasteiger partial charge on any atom is -0.354 e. The van der Waals surface area contributed by atoms with Crippen LogP contribution in [0.4, 0.5) is 0 Å². The molecule has 20 heavy (non-hydrogen) atoms. The normalized spacial score (nSPS) is 17.7. The molecule has 6 nitrogen and oxygen atoms in total. The fraction of sp³-hybridized carbons (Fsp3) is 0.500. The summed E-state index contributed by atoms with van der Waals surface area (Å²) in [5.74, 6) is -0.0870. The second kappa shape index (κ2) is 7.59. The van der Waals surface area contributed by atoms with Crippen LogP contribution < -0.4 is 16.0 Å². The topological polar surface area (TPSA) is 83.1 Å². The van der Waals surface area contributed by atoms with Crippen molar-refractivity contribution in [3.8, 4) is 0 Å². The van der Waals surface area contributed by atoms with Crippen molar-refractivity contribution in [2.45, 2.75) is 31.8 Å². The van der Waals surface area contributed by atoms with Crippen LogP contribution >= 0.6 is 0 Å². The van der Waals surface area contributed by atoms with E-state index < -0.39 is 0 Å². The number of carbonyl (C=O) groups excluding carboxylic acids is 2. The smallest absolute Gasteiger partial charge is 0.237 e. The van der Waals surface area contributed by atoms with E-state index in [1.807, 2.05) is 12.1 Å². The van der Waals surface area contributed by atoms with Crippen LogP contribution in [-0.4, -0.2) is 35.9 Å². The third-order valence-corrected chi connectivity index (χ3v) is 3.24. The Kier molecular flexibility index (Phi) is 5.49. The zero-order chi connectivity index (χ0) is 14.2. The maximum Gasteiger partial charge on any atom is 0.237 e. The quantitative estimate of drug-likeness (QED) is 0.680. The molecular formula is C14H20N4O2. The molecule has 2 amide bonds. The summed E-state index contributed by atoms with van der Waals surface area (Å²) in [6.07, 6.45) is 5.60. The van der Waals surface area contributed by atoms with Crippen molar-refractivity contribution in [3.05, 3.63) is 30.1 Å². The lowest BCUT2D eigenvalue weighted by Gasteiger charge is -2.11. The van der Waals surface area contributed by atoms with Gasteiger partial charge in [0.2, 0.25) is 11.8 Å². The van der Waals surface area contributed by atoms with E-state index in [0.717, 1.165) is 24.9 Å². The molecule has 0 aliphatic carbocycles. The SMILES string of the molecule is O=C(CCNC(=O)C1CCCN1)NCc1cccnc1. The van der Waals surface area contributed by atoms with Gasteiger partial charge in [-0.3, -0.25) is 14.6 Å². The van der Waals surface area contributed by atoms with Crippen LogP contribution in [0, 0.1) is 0 Å². The number of rotatable bonds is 6. The molecular weight excluding hydrogens is 256 g/mol. The predicted molar refractivity (Wildman–Crippen MR) is 74.7 cm³/mol. The van der Waals surface area contributed by atoms with Crippen LogP contribution in [0.2, 0.25) is 0 Å². The maximum atomic E-state index is 11.7. The average Bonchev–Trinajstić information content (AvgIpc) is 3.00. The molecule has 108 valence electrons. The molecule has 1 aliphatic rings. The number of hydrogen-bond acceptors (Lipinski definition) is 4. The standard InChI is InChI=1S/C14H20N4O2/c19-13(18-10-11-3-1-6-15-9-11)5-8-17-14(20)12-4-2-7-16-12/h1,3,6,9,12,16H,2,4-5,7-8,10H2,(H,17,20)(H,18,19). The van der Waals surface area contributed by atoms with E-state index in [-0.39, 0.29) is 17.9 Å². The fourth-order valence-electron chi connectivity index (χ4n) is 2.12. The van der Waals surface area contributed by atoms with Crippen LogP contribution in [0.15, 0.2) is 24.5 Å². The van der Waals surface area contributed by atoms with Crippen molar-refractivity contribution in [1.82, 2.24) is 20.9 Å². The van der Waals surface area contributed by atoms with E-state index in [4.69, 9.17) is 0 Å². The van der Waals surface area contributed by atoms with E-state index >= 15 is 0 Å². The first-order chi connectivity index (χ1) is 9.75. The van der Waals surface area contributed by atoms with Gasteiger partial charge < -0.3 is 16.0 Å². The zero-order valence-corrected chi connectivity index (χ0v) is 11.4. The number of carbonyl (C=O) groups is 2. The summed E-state index contributed by atoms with van der Waals surface area (Å²) in [5, 5.41) is 8.70. The molecule has 6 heteroatoms. The number of amides is 2. The van der Waals surface area contributed by atoms with Gasteiger partial charge in [0.05, 0.1) is 6.04 Å². The van der Waals surface area contributed by atoms with Gasteiger partial charge in [0.15, 0.2) is 0 Å². The minimum atomic E-state index is -0.0894. The Hall–Kier alpha value is -1.95. The van der Waals surface area contributed by atoms with Gasteiger partial charge in [-0.25, -0.2) is 0 Å². The molecule has 1 saturated heterocycles. The third kappa shape index (κ3) is 4.62. The zero-order valence-electron chi connectivity index (χ0n) is 11.4. The molecule has 1 atom stereocenters. The van der Waals surface area contributed by atoms with Crippen LogP contribution in [0.25, 0.3) is 0 Å². The molecule has 0 radical (unpaired) electrons.